The summed E-state index contributed by atoms with van der Waals surface area (Å²) in [5.41, 5.74) is 2.05. The first-order valence-electron chi connectivity index (χ1n) is 8.16. The Kier molecular flexibility index (Phi) is 3.98. The SMILES string of the molecule is O=C(N[C@@H]1CCCCNC1=O)c1cc2c(s1)-c1ccccc1OC2. The molecule has 1 saturated heterocycles. The first kappa shape index (κ1) is 15.2. The van der Waals surface area contributed by atoms with Gasteiger partial charge in [0, 0.05) is 22.5 Å². The van der Waals surface area contributed by atoms with Crippen LogP contribution in [0.4, 0.5) is 0 Å². The molecule has 0 aliphatic carbocycles. The summed E-state index contributed by atoms with van der Waals surface area (Å²) >= 11 is 1.46. The number of fused-ring (bicyclic) bond motifs is 3. The first-order valence-corrected chi connectivity index (χ1v) is 8.97. The maximum atomic E-state index is 12.6. The van der Waals surface area contributed by atoms with Gasteiger partial charge in [-0.15, -0.1) is 11.3 Å². The third-order valence-corrected chi connectivity index (χ3v) is 5.60. The van der Waals surface area contributed by atoms with Gasteiger partial charge in [-0.2, -0.15) is 0 Å². The fourth-order valence-electron chi connectivity index (χ4n) is 3.12. The molecule has 6 heteroatoms. The van der Waals surface area contributed by atoms with E-state index in [-0.39, 0.29) is 11.8 Å². The van der Waals surface area contributed by atoms with Crippen LogP contribution in [0.3, 0.4) is 0 Å². The number of carbonyl (C=O) groups is 2. The molecule has 3 heterocycles. The van der Waals surface area contributed by atoms with E-state index < -0.39 is 6.04 Å². The zero-order valence-corrected chi connectivity index (χ0v) is 13.9. The second-order valence-electron chi connectivity index (χ2n) is 6.06. The molecule has 0 bridgehead atoms. The van der Waals surface area contributed by atoms with Crippen molar-refractivity contribution in [2.24, 2.45) is 0 Å². The Hall–Kier alpha value is -2.34. The van der Waals surface area contributed by atoms with Crippen LogP contribution in [0, 0.1) is 0 Å². The Morgan fingerprint density at radius 3 is 3.08 bits per heavy atom. The minimum Gasteiger partial charge on any atom is -0.488 e. The Bertz CT molecular complexity index is 799. The lowest BCUT2D eigenvalue weighted by molar-refractivity contribution is -0.122. The molecule has 2 aliphatic rings. The Labute approximate surface area is 144 Å². The summed E-state index contributed by atoms with van der Waals surface area (Å²) in [5.74, 6) is 0.576. The molecule has 1 atom stereocenters. The van der Waals surface area contributed by atoms with Crippen molar-refractivity contribution in [2.75, 3.05) is 6.54 Å². The predicted molar refractivity (Wildman–Crippen MR) is 92.2 cm³/mol. The van der Waals surface area contributed by atoms with Crippen molar-refractivity contribution in [1.82, 2.24) is 10.6 Å². The second-order valence-corrected chi connectivity index (χ2v) is 7.11. The van der Waals surface area contributed by atoms with Gasteiger partial charge in [0.05, 0.1) is 4.88 Å². The van der Waals surface area contributed by atoms with Crippen molar-refractivity contribution in [1.29, 1.82) is 0 Å². The zero-order valence-electron chi connectivity index (χ0n) is 13.1. The highest BCUT2D eigenvalue weighted by Gasteiger charge is 2.26. The van der Waals surface area contributed by atoms with E-state index in [4.69, 9.17) is 4.74 Å². The van der Waals surface area contributed by atoms with Crippen LogP contribution in [0.1, 0.15) is 34.5 Å². The fraction of sp³-hybridized carbons (Fsp3) is 0.333. The molecule has 0 spiro atoms. The average Bonchev–Trinajstić information content (AvgIpc) is 2.95. The molecular formula is C18H18N2O3S. The first-order chi connectivity index (χ1) is 11.7. The smallest absolute Gasteiger partial charge is 0.262 e. The van der Waals surface area contributed by atoms with Crippen molar-refractivity contribution in [3.05, 3.63) is 40.8 Å². The van der Waals surface area contributed by atoms with Crippen molar-refractivity contribution >= 4 is 23.2 Å². The van der Waals surface area contributed by atoms with Gasteiger partial charge in [0.25, 0.3) is 5.91 Å². The Balaban J connectivity index is 1.57. The van der Waals surface area contributed by atoms with Gasteiger partial charge >= 0.3 is 0 Å². The summed E-state index contributed by atoms with van der Waals surface area (Å²) < 4.78 is 5.74. The van der Waals surface area contributed by atoms with Gasteiger partial charge in [0.2, 0.25) is 5.91 Å². The van der Waals surface area contributed by atoms with Gasteiger partial charge in [-0.05, 0) is 37.5 Å². The molecule has 0 unspecified atom stereocenters. The van der Waals surface area contributed by atoms with Gasteiger partial charge in [-0.3, -0.25) is 9.59 Å². The molecule has 1 fully saturated rings. The molecular weight excluding hydrogens is 324 g/mol. The van der Waals surface area contributed by atoms with Crippen LogP contribution in [0.15, 0.2) is 30.3 Å². The summed E-state index contributed by atoms with van der Waals surface area (Å²) in [6, 6.07) is 9.28. The second kappa shape index (κ2) is 6.28. The maximum absolute atomic E-state index is 12.6. The third-order valence-electron chi connectivity index (χ3n) is 4.39. The van der Waals surface area contributed by atoms with Gasteiger partial charge in [-0.1, -0.05) is 12.1 Å². The van der Waals surface area contributed by atoms with Crippen LogP contribution < -0.4 is 15.4 Å². The van der Waals surface area contributed by atoms with Crippen LogP contribution in [0.5, 0.6) is 5.75 Å². The van der Waals surface area contributed by atoms with E-state index in [1.54, 1.807) is 0 Å². The number of ether oxygens (including phenoxy) is 1. The van der Waals surface area contributed by atoms with Crippen LogP contribution in [-0.2, 0) is 11.4 Å². The van der Waals surface area contributed by atoms with Crippen molar-refractivity contribution in [2.45, 2.75) is 31.9 Å². The summed E-state index contributed by atoms with van der Waals surface area (Å²) in [6.07, 6.45) is 2.58. The largest absolute Gasteiger partial charge is 0.488 e. The lowest BCUT2D eigenvalue weighted by atomic mass is 10.1. The molecule has 24 heavy (non-hydrogen) atoms. The molecule has 4 rings (SSSR count). The molecule has 0 saturated carbocycles. The zero-order chi connectivity index (χ0) is 16.5. The van der Waals surface area contributed by atoms with E-state index in [0.717, 1.165) is 34.6 Å². The van der Waals surface area contributed by atoms with Crippen LogP contribution in [-0.4, -0.2) is 24.4 Å². The number of hydrogen-bond donors (Lipinski definition) is 2. The number of amides is 2. The highest BCUT2D eigenvalue weighted by atomic mass is 32.1. The number of para-hydroxylation sites is 1. The molecule has 1 aromatic heterocycles. The van der Waals surface area contributed by atoms with E-state index in [9.17, 15) is 9.59 Å². The van der Waals surface area contributed by atoms with E-state index >= 15 is 0 Å². The van der Waals surface area contributed by atoms with Crippen LogP contribution >= 0.6 is 11.3 Å². The van der Waals surface area contributed by atoms with Crippen LogP contribution in [0.25, 0.3) is 10.4 Å². The maximum Gasteiger partial charge on any atom is 0.262 e. The van der Waals surface area contributed by atoms with Gasteiger partial charge in [0.1, 0.15) is 18.4 Å². The standard InChI is InChI=1S/C18H18N2O3S/c21-17-13(6-3-4-8-19-17)20-18(22)15-9-11-10-23-14-7-2-1-5-12(14)16(11)24-15/h1-2,5,7,9,13H,3-4,6,8,10H2,(H,19,21)(H,20,22)/t13-/m1/s1. The molecule has 2 aromatic rings. The number of benzene rings is 1. The van der Waals surface area contributed by atoms with Gasteiger partial charge < -0.3 is 15.4 Å². The molecule has 2 amide bonds. The summed E-state index contributed by atoms with van der Waals surface area (Å²) in [4.78, 5) is 26.3. The van der Waals surface area contributed by atoms with E-state index in [0.29, 0.717) is 24.4 Å². The topological polar surface area (TPSA) is 67.4 Å². The van der Waals surface area contributed by atoms with Crippen LogP contribution in [0.2, 0.25) is 0 Å². The van der Waals surface area contributed by atoms with E-state index in [2.05, 4.69) is 10.6 Å². The number of carbonyl (C=O) groups excluding carboxylic acids is 2. The summed E-state index contributed by atoms with van der Waals surface area (Å²) in [7, 11) is 0. The number of rotatable bonds is 2. The third kappa shape index (κ3) is 2.78. The molecule has 5 nitrogen and oxygen atoms in total. The fourth-order valence-corrected chi connectivity index (χ4v) is 4.22. The number of nitrogens with one attached hydrogen (secondary N) is 2. The molecule has 1 aromatic carbocycles. The quantitative estimate of drug-likeness (QED) is 0.882. The monoisotopic (exact) mass is 342 g/mol. The minimum absolute atomic E-state index is 0.0872. The van der Waals surface area contributed by atoms with Gasteiger partial charge in [-0.25, -0.2) is 0 Å². The Morgan fingerprint density at radius 2 is 2.17 bits per heavy atom. The minimum atomic E-state index is -0.442. The highest BCUT2D eigenvalue weighted by Crippen LogP contribution is 2.42. The molecule has 124 valence electrons. The van der Waals surface area contributed by atoms with E-state index in [1.807, 2.05) is 30.3 Å². The normalized spacial score (nSPS) is 19.3. The molecule has 0 radical (unpaired) electrons. The number of thiophene rings is 1. The van der Waals surface area contributed by atoms with Crippen molar-refractivity contribution in [3.63, 3.8) is 0 Å². The van der Waals surface area contributed by atoms with Crippen molar-refractivity contribution < 1.29 is 14.3 Å². The lowest BCUT2D eigenvalue weighted by Crippen LogP contribution is -2.45. The molecule has 2 N–H and O–H groups in total. The lowest BCUT2D eigenvalue weighted by Gasteiger charge is -2.16. The summed E-state index contributed by atoms with van der Waals surface area (Å²) in [6.45, 7) is 1.16. The van der Waals surface area contributed by atoms with Crippen molar-refractivity contribution in [3.8, 4) is 16.2 Å². The Morgan fingerprint density at radius 1 is 1.29 bits per heavy atom. The average molecular weight is 342 g/mol. The van der Waals surface area contributed by atoms with E-state index in [1.165, 1.54) is 11.3 Å². The van der Waals surface area contributed by atoms with Gasteiger partial charge in [0.15, 0.2) is 0 Å². The highest BCUT2D eigenvalue weighted by molar-refractivity contribution is 7.17. The number of hydrogen-bond acceptors (Lipinski definition) is 4. The predicted octanol–water partition coefficient (Wildman–Crippen LogP) is 2.71. The molecule has 2 aliphatic heterocycles. The summed E-state index contributed by atoms with van der Waals surface area (Å²) in [5, 5.41) is 5.72.